The monoisotopic (exact) mass is 282 g/mol. The fourth-order valence-corrected chi connectivity index (χ4v) is 3.37. The highest BCUT2D eigenvalue weighted by molar-refractivity contribution is 5.88. The molecule has 4 nitrogen and oxygen atoms in total. The number of nitrogens with zero attached hydrogens (tertiary/aromatic N) is 1. The number of carbonyl (C=O) groups is 1. The largest absolute Gasteiger partial charge is 0.466 e. The Morgan fingerprint density at radius 2 is 2.33 bits per heavy atom. The van der Waals surface area contributed by atoms with Crippen LogP contribution in [0, 0.1) is 12.5 Å². The van der Waals surface area contributed by atoms with E-state index in [4.69, 9.17) is 11.3 Å². The third kappa shape index (κ3) is 2.40. The molecule has 1 saturated carbocycles. The summed E-state index contributed by atoms with van der Waals surface area (Å²) in [6.45, 7) is 9.43. The Morgan fingerprint density at radius 3 is 3.10 bits per heavy atom. The van der Waals surface area contributed by atoms with Gasteiger partial charge in [-0.05, 0) is 48.8 Å². The second kappa shape index (κ2) is 5.61. The lowest BCUT2D eigenvalue weighted by atomic mass is 9.88. The quantitative estimate of drug-likeness (QED) is 0.678. The Hall–Kier alpha value is -2.28. The van der Waals surface area contributed by atoms with Crippen LogP contribution in [0.2, 0.25) is 0 Å². The molecule has 1 fully saturated rings. The van der Waals surface area contributed by atoms with Gasteiger partial charge in [0.05, 0.1) is 19.1 Å². The molecule has 4 heteroatoms. The van der Waals surface area contributed by atoms with Crippen LogP contribution in [-0.2, 0) is 9.53 Å². The van der Waals surface area contributed by atoms with Crippen molar-refractivity contribution >= 4 is 22.6 Å². The fourth-order valence-electron chi connectivity index (χ4n) is 3.37. The zero-order valence-electron chi connectivity index (χ0n) is 12.1. The van der Waals surface area contributed by atoms with E-state index in [0.717, 1.165) is 35.7 Å². The molecule has 0 bridgehead atoms. The summed E-state index contributed by atoms with van der Waals surface area (Å²) in [7, 11) is 0. The van der Waals surface area contributed by atoms with Crippen molar-refractivity contribution in [1.29, 1.82) is 0 Å². The van der Waals surface area contributed by atoms with Gasteiger partial charge in [-0.1, -0.05) is 12.5 Å². The van der Waals surface area contributed by atoms with E-state index >= 15 is 0 Å². The van der Waals surface area contributed by atoms with Gasteiger partial charge in [0.2, 0.25) is 0 Å². The minimum Gasteiger partial charge on any atom is -0.466 e. The molecule has 1 heterocycles. The number of aromatic amines is 1. The van der Waals surface area contributed by atoms with Gasteiger partial charge in [0.25, 0.3) is 0 Å². The van der Waals surface area contributed by atoms with Crippen molar-refractivity contribution in [2.24, 2.45) is 5.92 Å². The summed E-state index contributed by atoms with van der Waals surface area (Å²) in [5.41, 5.74) is 2.80. The molecule has 0 spiro atoms. The molecule has 108 valence electrons. The van der Waals surface area contributed by atoms with Crippen LogP contribution in [0.25, 0.3) is 15.7 Å². The Morgan fingerprint density at radius 1 is 1.48 bits per heavy atom. The predicted octanol–water partition coefficient (Wildman–Crippen LogP) is 4.17. The van der Waals surface area contributed by atoms with E-state index in [9.17, 15) is 4.79 Å². The van der Waals surface area contributed by atoms with Gasteiger partial charge in [-0.25, -0.2) is 4.85 Å². The van der Waals surface area contributed by atoms with Crippen LogP contribution in [0.3, 0.4) is 0 Å². The van der Waals surface area contributed by atoms with E-state index in [-0.39, 0.29) is 17.8 Å². The van der Waals surface area contributed by atoms with Crippen LogP contribution in [0.4, 0.5) is 5.69 Å². The van der Waals surface area contributed by atoms with Crippen molar-refractivity contribution in [3.05, 3.63) is 41.4 Å². The van der Waals surface area contributed by atoms with Gasteiger partial charge in [-0.2, -0.15) is 0 Å². The number of benzene rings is 1. The molecule has 1 aliphatic rings. The Balaban J connectivity index is 1.99. The van der Waals surface area contributed by atoms with Crippen molar-refractivity contribution in [2.45, 2.75) is 32.1 Å². The van der Waals surface area contributed by atoms with E-state index in [1.54, 1.807) is 0 Å². The number of carbonyl (C=O) groups excluding carboxylic acids is 1. The van der Waals surface area contributed by atoms with Gasteiger partial charge < -0.3 is 9.72 Å². The minimum atomic E-state index is -0.0873. The van der Waals surface area contributed by atoms with E-state index < -0.39 is 0 Å². The van der Waals surface area contributed by atoms with Crippen molar-refractivity contribution in [3.63, 3.8) is 0 Å². The molecule has 3 rings (SSSR count). The number of rotatable bonds is 3. The summed E-state index contributed by atoms with van der Waals surface area (Å²) in [5.74, 6) is 0.0509. The topological polar surface area (TPSA) is 46.5 Å². The van der Waals surface area contributed by atoms with Gasteiger partial charge in [0.15, 0.2) is 5.69 Å². The highest BCUT2D eigenvalue weighted by Crippen LogP contribution is 2.43. The van der Waals surface area contributed by atoms with Crippen LogP contribution >= 0.6 is 0 Å². The molecule has 2 atom stereocenters. The van der Waals surface area contributed by atoms with Gasteiger partial charge in [0, 0.05) is 11.7 Å². The molecule has 1 aliphatic carbocycles. The molecule has 2 aromatic rings. The van der Waals surface area contributed by atoms with Crippen molar-refractivity contribution in [3.8, 4) is 0 Å². The molecule has 1 aromatic carbocycles. The number of ether oxygens (including phenoxy) is 1. The van der Waals surface area contributed by atoms with E-state index in [0.29, 0.717) is 12.3 Å². The highest BCUT2D eigenvalue weighted by Gasteiger charge is 2.36. The molecule has 0 saturated heterocycles. The third-order valence-electron chi connectivity index (χ3n) is 4.33. The van der Waals surface area contributed by atoms with Crippen molar-refractivity contribution in [1.82, 2.24) is 4.98 Å². The summed E-state index contributed by atoms with van der Waals surface area (Å²) in [5, 5.41) is 1.06. The van der Waals surface area contributed by atoms with Gasteiger partial charge >= 0.3 is 5.97 Å². The van der Waals surface area contributed by atoms with Gasteiger partial charge in [0.1, 0.15) is 0 Å². The van der Waals surface area contributed by atoms with Crippen LogP contribution in [-0.4, -0.2) is 17.6 Å². The number of esters is 1. The maximum atomic E-state index is 12.1. The minimum absolute atomic E-state index is 0.0550. The SMILES string of the molecule is [C-]#[N+]c1ccc2[nH]cc([C@H]3CCC[C@H]3C(=O)OCC)c2c1. The average molecular weight is 282 g/mol. The number of H-pyrrole nitrogens is 1. The Labute approximate surface area is 123 Å². The lowest BCUT2D eigenvalue weighted by molar-refractivity contribution is -0.148. The summed E-state index contributed by atoms with van der Waals surface area (Å²) in [6.07, 6.45) is 4.92. The summed E-state index contributed by atoms with van der Waals surface area (Å²) < 4.78 is 5.21. The van der Waals surface area contributed by atoms with Gasteiger partial charge in [-0.3, -0.25) is 4.79 Å². The summed E-state index contributed by atoms with van der Waals surface area (Å²) >= 11 is 0. The first-order valence-corrected chi connectivity index (χ1v) is 7.39. The van der Waals surface area contributed by atoms with Crippen LogP contribution in [0.1, 0.15) is 37.7 Å². The number of aromatic nitrogens is 1. The molecular formula is C17H18N2O2. The standard InChI is InChI=1S/C17H18N2O2/c1-3-21-17(20)13-6-4-5-12(13)15-10-19-16-8-7-11(18-2)9-14(15)16/h7-10,12-13,19H,3-6H2,1H3/t12-,13+/m0/s1. The van der Waals surface area contributed by atoms with E-state index in [2.05, 4.69) is 9.83 Å². The average Bonchev–Trinajstić information content (AvgIpc) is 3.12. The number of fused-ring (bicyclic) bond motifs is 1. The molecular weight excluding hydrogens is 264 g/mol. The van der Waals surface area contributed by atoms with E-state index in [1.807, 2.05) is 31.3 Å². The first kappa shape index (κ1) is 13.7. The predicted molar refractivity (Wildman–Crippen MR) is 81.3 cm³/mol. The number of hydrogen-bond donors (Lipinski definition) is 1. The smallest absolute Gasteiger partial charge is 0.309 e. The molecule has 0 radical (unpaired) electrons. The molecule has 0 amide bonds. The lowest BCUT2D eigenvalue weighted by Gasteiger charge is -2.17. The molecule has 0 aliphatic heterocycles. The van der Waals surface area contributed by atoms with E-state index in [1.165, 1.54) is 0 Å². The molecule has 0 unspecified atom stereocenters. The molecule has 21 heavy (non-hydrogen) atoms. The lowest BCUT2D eigenvalue weighted by Crippen LogP contribution is -2.20. The van der Waals surface area contributed by atoms with Crippen LogP contribution in [0.5, 0.6) is 0 Å². The zero-order valence-corrected chi connectivity index (χ0v) is 12.1. The van der Waals surface area contributed by atoms with Crippen LogP contribution < -0.4 is 0 Å². The first-order valence-electron chi connectivity index (χ1n) is 7.39. The van der Waals surface area contributed by atoms with Crippen LogP contribution in [0.15, 0.2) is 24.4 Å². The first-order chi connectivity index (χ1) is 10.2. The Kier molecular flexibility index (Phi) is 3.66. The second-order valence-electron chi connectivity index (χ2n) is 5.48. The Bertz CT molecular complexity index is 711. The maximum Gasteiger partial charge on any atom is 0.309 e. The number of hydrogen-bond acceptors (Lipinski definition) is 2. The molecule has 1 aromatic heterocycles. The number of nitrogens with one attached hydrogen (secondary N) is 1. The zero-order chi connectivity index (χ0) is 14.8. The normalized spacial score (nSPS) is 21.3. The molecule has 1 N–H and O–H groups in total. The fraction of sp³-hybridized carbons (Fsp3) is 0.412. The highest BCUT2D eigenvalue weighted by atomic mass is 16.5. The summed E-state index contributed by atoms with van der Waals surface area (Å²) in [6, 6.07) is 5.66. The van der Waals surface area contributed by atoms with Crippen molar-refractivity contribution in [2.75, 3.05) is 6.61 Å². The van der Waals surface area contributed by atoms with Crippen molar-refractivity contribution < 1.29 is 9.53 Å². The summed E-state index contributed by atoms with van der Waals surface area (Å²) in [4.78, 5) is 18.9. The third-order valence-corrected chi connectivity index (χ3v) is 4.33. The second-order valence-corrected chi connectivity index (χ2v) is 5.48. The maximum absolute atomic E-state index is 12.1. The van der Waals surface area contributed by atoms with Gasteiger partial charge in [-0.15, -0.1) is 0 Å².